The number of rotatable bonds is 4. The predicted molar refractivity (Wildman–Crippen MR) is 48.1 cm³/mol. The molecule has 1 aromatic rings. The number of aliphatic hydroxyl groups is 1. The average Bonchev–Trinajstić information content (AvgIpc) is 2.47. The Balaban J connectivity index is 2.50. The van der Waals surface area contributed by atoms with Gasteiger partial charge in [-0.15, -0.1) is 0 Å². The first kappa shape index (κ1) is 9.06. The molecule has 0 aliphatic carbocycles. The predicted octanol–water partition coefficient (Wildman–Crippen LogP) is 0.696. The second-order valence-corrected chi connectivity index (χ2v) is 2.77. The van der Waals surface area contributed by atoms with E-state index in [4.69, 9.17) is 5.11 Å². The van der Waals surface area contributed by atoms with Gasteiger partial charge in [-0.3, -0.25) is 0 Å². The summed E-state index contributed by atoms with van der Waals surface area (Å²) in [6.07, 6.45) is 3.31. The van der Waals surface area contributed by atoms with E-state index >= 15 is 0 Å². The largest absolute Gasteiger partial charge is 0.392 e. The van der Waals surface area contributed by atoms with Crippen LogP contribution in [-0.2, 0) is 6.54 Å². The van der Waals surface area contributed by atoms with Crippen LogP contribution in [0.15, 0.2) is 12.4 Å². The van der Waals surface area contributed by atoms with Gasteiger partial charge in [-0.05, 0) is 13.8 Å². The molecule has 0 spiro atoms. The molecule has 4 heteroatoms. The van der Waals surface area contributed by atoms with Crippen LogP contribution in [0.25, 0.3) is 0 Å². The molecule has 2 N–H and O–H groups in total. The maximum atomic E-state index is 9.02. The second kappa shape index (κ2) is 4.11. The van der Waals surface area contributed by atoms with E-state index in [2.05, 4.69) is 17.2 Å². The zero-order chi connectivity index (χ0) is 8.97. The van der Waals surface area contributed by atoms with Crippen molar-refractivity contribution in [3.8, 4) is 0 Å². The third kappa shape index (κ3) is 2.23. The number of imidazole rings is 1. The van der Waals surface area contributed by atoms with E-state index in [9.17, 15) is 0 Å². The lowest BCUT2D eigenvalue weighted by Gasteiger charge is -2.08. The van der Waals surface area contributed by atoms with Crippen molar-refractivity contribution < 1.29 is 5.11 Å². The minimum atomic E-state index is -0.341. The molecule has 12 heavy (non-hydrogen) atoms. The lowest BCUT2D eigenvalue weighted by atomic mass is 10.4. The normalized spacial score (nSPS) is 12.9. The van der Waals surface area contributed by atoms with E-state index in [1.165, 1.54) is 0 Å². The van der Waals surface area contributed by atoms with Crippen LogP contribution < -0.4 is 5.32 Å². The Bertz CT molecular complexity index is 232. The van der Waals surface area contributed by atoms with Gasteiger partial charge >= 0.3 is 0 Å². The lowest BCUT2D eigenvalue weighted by Crippen LogP contribution is -2.17. The van der Waals surface area contributed by atoms with Crippen molar-refractivity contribution in [3.05, 3.63) is 12.4 Å². The van der Waals surface area contributed by atoms with Crippen LogP contribution in [0.2, 0.25) is 0 Å². The van der Waals surface area contributed by atoms with Gasteiger partial charge in [0.05, 0.1) is 6.10 Å². The Morgan fingerprint density at radius 2 is 2.50 bits per heavy atom. The Morgan fingerprint density at radius 1 is 1.75 bits per heavy atom. The Kier molecular flexibility index (Phi) is 3.10. The number of hydrogen-bond acceptors (Lipinski definition) is 3. The van der Waals surface area contributed by atoms with Crippen LogP contribution in [0, 0.1) is 0 Å². The zero-order valence-electron chi connectivity index (χ0n) is 7.49. The number of aryl methyl sites for hydroxylation is 1. The van der Waals surface area contributed by atoms with Gasteiger partial charge in [0, 0.05) is 25.5 Å². The molecule has 0 fully saturated rings. The molecule has 0 aliphatic heterocycles. The number of nitrogens with zero attached hydrogens (tertiary/aromatic N) is 2. The fraction of sp³-hybridized carbons (Fsp3) is 0.625. The number of nitrogens with one attached hydrogen (secondary N) is 1. The van der Waals surface area contributed by atoms with Crippen LogP contribution in [0.4, 0.5) is 5.95 Å². The molecule has 1 unspecified atom stereocenters. The minimum Gasteiger partial charge on any atom is -0.392 e. The Morgan fingerprint density at radius 3 is 3.08 bits per heavy atom. The van der Waals surface area contributed by atoms with Crippen LogP contribution in [0.1, 0.15) is 13.8 Å². The molecule has 0 aromatic carbocycles. The first-order valence-corrected chi connectivity index (χ1v) is 4.17. The minimum absolute atomic E-state index is 0.341. The van der Waals surface area contributed by atoms with Crippen LogP contribution >= 0.6 is 0 Å². The molecule has 4 nitrogen and oxygen atoms in total. The molecule has 1 aromatic heterocycles. The van der Waals surface area contributed by atoms with Gasteiger partial charge in [0.15, 0.2) is 0 Å². The summed E-state index contributed by atoms with van der Waals surface area (Å²) in [6.45, 7) is 5.22. The number of aromatic nitrogens is 2. The smallest absolute Gasteiger partial charge is 0.202 e. The Hall–Kier alpha value is -1.03. The molecule has 0 saturated heterocycles. The summed E-state index contributed by atoms with van der Waals surface area (Å²) < 4.78 is 1.99. The van der Waals surface area contributed by atoms with Gasteiger partial charge in [0.1, 0.15) is 0 Å². The van der Waals surface area contributed by atoms with E-state index in [-0.39, 0.29) is 6.10 Å². The van der Waals surface area contributed by atoms with Gasteiger partial charge in [0.25, 0.3) is 0 Å². The molecular formula is C8H15N3O. The summed E-state index contributed by atoms with van der Waals surface area (Å²) >= 11 is 0. The van der Waals surface area contributed by atoms with E-state index in [0.29, 0.717) is 6.54 Å². The van der Waals surface area contributed by atoms with Gasteiger partial charge in [-0.1, -0.05) is 0 Å². The first-order chi connectivity index (χ1) is 5.74. The zero-order valence-corrected chi connectivity index (χ0v) is 7.49. The van der Waals surface area contributed by atoms with Crippen molar-refractivity contribution in [1.82, 2.24) is 9.55 Å². The maximum Gasteiger partial charge on any atom is 0.202 e. The monoisotopic (exact) mass is 169 g/mol. The van der Waals surface area contributed by atoms with E-state index in [1.807, 2.05) is 10.8 Å². The quantitative estimate of drug-likeness (QED) is 0.697. The van der Waals surface area contributed by atoms with Gasteiger partial charge in [0.2, 0.25) is 5.95 Å². The van der Waals surface area contributed by atoms with Crippen molar-refractivity contribution in [3.63, 3.8) is 0 Å². The van der Waals surface area contributed by atoms with Crippen molar-refractivity contribution in [2.24, 2.45) is 0 Å². The number of anilines is 1. The van der Waals surface area contributed by atoms with Crippen LogP contribution in [0.3, 0.4) is 0 Å². The lowest BCUT2D eigenvalue weighted by molar-refractivity contribution is 0.208. The van der Waals surface area contributed by atoms with Crippen LogP contribution in [0.5, 0.6) is 0 Å². The van der Waals surface area contributed by atoms with Crippen LogP contribution in [-0.4, -0.2) is 27.3 Å². The first-order valence-electron chi connectivity index (χ1n) is 4.17. The van der Waals surface area contributed by atoms with Crippen molar-refractivity contribution >= 4 is 5.95 Å². The van der Waals surface area contributed by atoms with Crippen molar-refractivity contribution in [2.75, 3.05) is 11.9 Å². The van der Waals surface area contributed by atoms with Gasteiger partial charge in [-0.2, -0.15) is 0 Å². The second-order valence-electron chi connectivity index (χ2n) is 2.77. The molecule has 0 aliphatic rings. The van der Waals surface area contributed by atoms with Gasteiger partial charge in [-0.25, -0.2) is 4.98 Å². The summed E-state index contributed by atoms with van der Waals surface area (Å²) in [7, 11) is 0. The molecule has 1 heterocycles. The molecule has 1 rings (SSSR count). The van der Waals surface area contributed by atoms with E-state index in [1.54, 1.807) is 13.1 Å². The topological polar surface area (TPSA) is 50.1 Å². The highest BCUT2D eigenvalue weighted by molar-refractivity contribution is 5.25. The summed E-state index contributed by atoms with van der Waals surface area (Å²) in [6, 6.07) is 0. The third-order valence-electron chi connectivity index (χ3n) is 1.61. The highest BCUT2D eigenvalue weighted by atomic mass is 16.3. The van der Waals surface area contributed by atoms with Crippen molar-refractivity contribution in [2.45, 2.75) is 26.5 Å². The SMILES string of the molecule is CCn1ccnc1NCC(C)O. The molecule has 0 radical (unpaired) electrons. The molecule has 0 bridgehead atoms. The number of aliphatic hydroxyl groups excluding tert-OH is 1. The third-order valence-corrected chi connectivity index (χ3v) is 1.61. The van der Waals surface area contributed by atoms with E-state index < -0.39 is 0 Å². The average molecular weight is 169 g/mol. The fourth-order valence-electron chi connectivity index (χ4n) is 0.971. The highest BCUT2D eigenvalue weighted by Gasteiger charge is 2.00. The standard InChI is InChI=1S/C8H15N3O/c1-3-11-5-4-9-8(11)10-6-7(2)12/h4-5,7,12H,3,6H2,1-2H3,(H,9,10). The van der Waals surface area contributed by atoms with Gasteiger partial charge < -0.3 is 15.0 Å². The Labute approximate surface area is 72.2 Å². The summed E-state index contributed by atoms with van der Waals surface area (Å²) in [5.74, 6) is 0.818. The number of hydrogen-bond donors (Lipinski definition) is 2. The molecular weight excluding hydrogens is 154 g/mol. The molecule has 0 amide bonds. The highest BCUT2D eigenvalue weighted by Crippen LogP contribution is 2.02. The molecule has 0 saturated carbocycles. The maximum absolute atomic E-state index is 9.02. The molecule has 1 atom stereocenters. The fourth-order valence-corrected chi connectivity index (χ4v) is 0.971. The summed E-state index contributed by atoms with van der Waals surface area (Å²) in [5.41, 5.74) is 0. The van der Waals surface area contributed by atoms with Crippen molar-refractivity contribution in [1.29, 1.82) is 0 Å². The summed E-state index contributed by atoms with van der Waals surface area (Å²) in [4.78, 5) is 4.10. The molecule has 68 valence electrons. The summed E-state index contributed by atoms with van der Waals surface area (Å²) in [5, 5.41) is 12.1. The van der Waals surface area contributed by atoms with E-state index in [0.717, 1.165) is 12.5 Å².